The predicted octanol–water partition coefficient (Wildman–Crippen LogP) is 3.10. The van der Waals surface area contributed by atoms with Gasteiger partial charge in [-0.1, -0.05) is 18.2 Å². The molecule has 0 amide bonds. The van der Waals surface area contributed by atoms with Crippen LogP contribution >= 0.6 is 0 Å². The number of carbonyl (C=O) groups is 1. The monoisotopic (exact) mass is 295 g/mol. The summed E-state index contributed by atoms with van der Waals surface area (Å²) in [5.74, 6) is -0.531. The molecule has 110 valence electrons. The second-order valence-electron chi connectivity index (χ2n) is 5.13. The number of carboxylic acids is 1. The largest absolute Gasteiger partial charge is 0.478 e. The van der Waals surface area contributed by atoms with Gasteiger partial charge >= 0.3 is 5.97 Å². The van der Waals surface area contributed by atoms with Crippen molar-refractivity contribution in [3.8, 4) is 0 Å². The fraction of sp³-hybridized carbons (Fsp3) is 0.125. The highest BCUT2D eigenvalue weighted by Gasteiger charge is 2.24. The molecule has 0 fully saturated rings. The Kier molecular flexibility index (Phi) is 2.75. The number of aromatic carboxylic acids is 1. The van der Waals surface area contributed by atoms with Crippen molar-refractivity contribution >= 4 is 28.4 Å². The molecule has 2 heterocycles. The predicted molar refractivity (Wildman–Crippen MR) is 82.3 cm³/mol. The highest BCUT2D eigenvalue weighted by Crippen LogP contribution is 2.32. The van der Waals surface area contributed by atoms with Gasteiger partial charge in [-0.2, -0.15) is 0 Å². The molecule has 0 saturated carbocycles. The van der Waals surface area contributed by atoms with Crippen molar-refractivity contribution < 1.29 is 14.3 Å². The molecule has 4 rings (SSSR count). The van der Waals surface area contributed by atoms with Crippen LogP contribution in [0.3, 0.4) is 0 Å². The summed E-state index contributed by atoms with van der Waals surface area (Å²) >= 11 is 0. The molecule has 0 bridgehead atoms. The number of nitrogens with zero attached hydrogens (tertiary/aromatic N) is 1. The second kappa shape index (κ2) is 4.77. The van der Waals surface area contributed by atoms with Crippen molar-refractivity contribution in [1.29, 1.82) is 0 Å². The van der Waals surface area contributed by atoms with Gasteiger partial charge in [-0.25, -0.2) is 9.78 Å². The number of para-hydroxylation sites is 3. The number of benzene rings is 2. The second-order valence-corrected chi connectivity index (χ2v) is 5.13. The summed E-state index contributed by atoms with van der Waals surface area (Å²) < 4.78 is 5.74. The summed E-state index contributed by atoms with van der Waals surface area (Å²) in [7, 11) is 0. The van der Waals surface area contributed by atoms with E-state index in [0.29, 0.717) is 23.5 Å². The van der Waals surface area contributed by atoms with E-state index in [4.69, 9.17) is 4.42 Å². The lowest BCUT2D eigenvalue weighted by Gasteiger charge is -2.26. The molecular weight excluding hydrogens is 282 g/mol. The van der Waals surface area contributed by atoms with E-state index >= 15 is 0 Å². The quantitative estimate of drug-likeness (QED) is 0.673. The molecule has 2 aromatic carbocycles. The van der Waals surface area contributed by atoms with Crippen molar-refractivity contribution in [1.82, 2.24) is 4.98 Å². The molecule has 0 saturated heterocycles. The average Bonchev–Trinajstić information content (AvgIpc) is 2.98. The summed E-state index contributed by atoms with van der Waals surface area (Å²) in [6, 6.07) is 12.6. The van der Waals surface area contributed by atoms with Gasteiger partial charge in [0.05, 0.1) is 16.9 Å². The minimum atomic E-state index is -1.01. The Hall–Kier alpha value is -3.02. The zero-order valence-corrected chi connectivity index (χ0v) is 11.5. The van der Waals surface area contributed by atoms with Crippen LogP contribution in [0.4, 0.5) is 11.4 Å². The first kappa shape index (κ1) is 12.7. The summed E-state index contributed by atoms with van der Waals surface area (Å²) in [6.45, 7) is 0.617. The van der Waals surface area contributed by atoms with Gasteiger partial charge in [-0.15, -0.1) is 0 Å². The number of rotatable bonds is 2. The van der Waals surface area contributed by atoms with Gasteiger partial charge in [-0.3, -0.25) is 0 Å². The van der Waals surface area contributed by atoms with Crippen LogP contribution in [0.25, 0.3) is 11.1 Å². The molecular formula is C16H13N3O3. The maximum atomic E-state index is 11.3. The number of aromatic nitrogens is 1. The molecule has 1 aromatic heterocycles. The van der Waals surface area contributed by atoms with E-state index in [9.17, 15) is 9.90 Å². The lowest BCUT2D eigenvalue weighted by molar-refractivity contribution is 0.0699. The zero-order chi connectivity index (χ0) is 15.1. The first-order valence-electron chi connectivity index (χ1n) is 6.94. The molecule has 3 N–H and O–H groups in total. The first-order valence-corrected chi connectivity index (χ1v) is 6.94. The van der Waals surface area contributed by atoms with Gasteiger partial charge in [0.15, 0.2) is 5.58 Å². The third-order valence-electron chi connectivity index (χ3n) is 3.72. The molecule has 6 heteroatoms. The van der Waals surface area contributed by atoms with Crippen LogP contribution < -0.4 is 10.6 Å². The Balaban J connectivity index is 1.74. The third kappa shape index (κ3) is 1.96. The Morgan fingerprint density at radius 2 is 2.00 bits per heavy atom. The van der Waals surface area contributed by atoms with Crippen molar-refractivity contribution in [2.24, 2.45) is 0 Å². The lowest BCUT2D eigenvalue weighted by Crippen LogP contribution is -2.25. The minimum absolute atomic E-state index is 0.149. The van der Waals surface area contributed by atoms with Crippen molar-refractivity contribution in [2.45, 2.75) is 6.04 Å². The summed E-state index contributed by atoms with van der Waals surface area (Å²) in [5, 5.41) is 15.9. The third-order valence-corrected chi connectivity index (χ3v) is 3.72. The normalized spacial score (nSPS) is 16.6. The van der Waals surface area contributed by atoms with E-state index < -0.39 is 5.97 Å². The number of hydrogen-bond acceptors (Lipinski definition) is 5. The van der Waals surface area contributed by atoms with Crippen molar-refractivity contribution in [2.75, 3.05) is 17.2 Å². The van der Waals surface area contributed by atoms with E-state index in [0.717, 1.165) is 11.4 Å². The van der Waals surface area contributed by atoms with E-state index in [1.54, 1.807) is 12.1 Å². The topological polar surface area (TPSA) is 87.4 Å². The van der Waals surface area contributed by atoms with Crippen LogP contribution in [0.15, 0.2) is 46.9 Å². The number of carboxylic acid groups (broad SMARTS) is 1. The van der Waals surface area contributed by atoms with E-state index in [-0.39, 0.29) is 11.6 Å². The van der Waals surface area contributed by atoms with Gasteiger partial charge < -0.3 is 20.2 Å². The molecule has 0 aliphatic carbocycles. The molecule has 1 atom stereocenters. The van der Waals surface area contributed by atoms with Gasteiger partial charge in [0, 0.05) is 6.54 Å². The Labute approximate surface area is 125 Å². The number of fused-ring (bicyclic) bond motifs is 2. The maximum Gasteiger partial charge on any atom is 0.338 e. The number of hydrogen-bond donors (Lipinski definition) is 3. The lowest BCUT2D eigenvalue weighted by atomic mass is 10.1. The van der Waals surface area contributed by atoms with E-state index in [1.165, 1.54) is 6.07 Å². The molecule has 1 aliphatic heterocycles. The maximum absolute atomic E-state index is 11.3. The van der Waals surface area contributed by atoms with Gasteiger partial charge in [0.25, 0.3) is 0 Å². The first-order chi connectivity index (χ1) is 10.7. The Morgan fingerprint density at radius 1 is 1.18 bits per heavy atom. The smallest absolute Gasteiger partial charge is 0.338 e. The summed E-state index contributed by atoms with van der Waals surface area (Å²) in [5.41, 5.74) is 3.01. The molecule has 1 unspecified atom stereocenters. The fourth-order valence-corrected chi connectivity index (χ4v) is 2.65. The number of anilines is 2. The number of nitrogens with one attached hydrogen (secondary N) is 2. The van der Waals surface area contributed by atoms with E-state index in [1.807, 2.05) is 24.3 Å². The van der Waals surface area contributed by atoms with Crippen LogP contribution in [0.1, 0.15) is 22.3 Å². The van der Waals surface area contributed by atoms with Gasteiger partial charge in [0.1, 0.15) is 11.6 Å². The van der Waals surface area contributed by atoms with Crippen LogP contribution in [-0.4, -0.2) is 22.6 Å². The van der Waals surface area contributed by atoms with Crippen LogP contribution in [-0.2, 0) is 0 Å². The van der Waals surface area contributed by atoms with Crippen molar-refractivity contribution in [3.63, 3.8) is 0 Å². The van der Waals surface area contributed by atoms with Crippen molar-refractivity contribution in [3.05, 3.63) is 53.9 Å². The summed E-state index contributed by atoms with van der Waals surface area (Å²) in [4.78, 5) is 15.6. The Bertz CT molecular complexity index is 872. The fourth-order valence-electron chi connectivity index (χ4n) is 2.65. The van der Waals surface area contributed by atoms with Crippen LogP contribution in [0, 0.1) is 0 Å². The van der Waals surface area contributed by atoms with Gasteiger partial charge in [-0.05, 0) is 24.3 Å². The molecule has 0 radical (unpaired) electrons. The SMILES string of the molecule is O=C(O)c1cccc2oc(C3CNc4ccccc4N3)nc12. The number of oxazole rings is 1. The molecule has 1 aliphatic rings. The highest BCUT2D eigenvalue weighted by molar-refractivity contribution is 6.00. The van der Waals surface area contributed by atoms with Gasteiger partial charge in [0.2, 0.25) is 5.89 Å². The molecule has 22 heavy (non-hydrogen) atoms. The molecule has 0 spiro atoms. The average molecular weight is 295 g/mol. The molecule has 6 nitrogen and oxygen atoms in total. The standard InChI is InChI=1S/C16H13N3O3/c20-16(21)9-4-3-7-13-14(9)19-15(22-13)12-8-17-10-5-1-2-6-11(10)18-12/h1-7,12,17-18H,8H2,(H,20,21). The van der Waals surface area contributed by atoms with Crippen LogP contribution in [0.2, 0.25) is 0 Å². The van der Waals surface area contributed by atoms with Crippen LogP contribution in [0.5, 0.6) is 0 Å². The Morgan fingerprint density at radius 3 is 2.82 bits per heavy atom. The molecule has 3 aromatic rings. The highest BCUT2D eigenvalue weighted by atomic mass is 16.4. The minimum Gasteiger partial charge on any atom is -0.478 e. The van der Waals surface area contributed by atoms with E-state index in [2.05, 4.69) is 15.6 Å². The summed E-state index contributed by atoms with van der Waals surface area (Å²) in [6.07, 6.45) is 0. The zero-order valence-electron chi connectivity index (χ0n) is 11.5.